The molecule has 0 spiro atoms. The zero-order valence-electron chi connectivity index (χ0n) is 20.8. The number of benzene rings is 1. The fourth-order valence-electron chi connectivity index (χ4n) is 4.00. The van der Waals surface area contributed by atoms with Crippen LogP contribution < -0.4 is 16.1 Å². The largest absolute Gasteiger partial charge is 0.383 e. The minimum atomic E-state index is -1.19. The smallest absolute Gasteiger partial charge is 0.258 e. The molecule has 35 heavy (non-hydrogen) atoms. The Labute approximate surface area is 214 Å². The van der Waals surface area contributed by atoms with Gasteiger partial charge >= 0.3 is 0 Å². The second kappa shape index (κ2) is 11.0. The number of hydrogen-bond donors (Lipinski definition) is 4. The maximum absolute atomic E-state index is 13.3. The molecule has 3 rings (SSSR count). The number of aromatic nitrogens is 1. The Bertz CT molecular complexity index is 1110. The number of nitrogens with one attached hydrogen (secondary N) is 3. The lowest BCUT2D eigenvalue weighted by Gasteiger charge is -2.41. The summed E-state index contributed by atoms with van der Waals surface area (Å²) >= 11 is 3.46. The van der Waals surface area contributed by atoms with Gasteiger partial charge in [0.1, 0.15) is 17.7 Å². The number of hydrogen-bond acceptors (Lipinski definition) is 6. The molecule has 4 N–H and O–H groups in total. The molecule has 0 bridgehead atoms. The highest BCUT2D eigenvalue weighted by atomic mass is 79.9. The third kappa shape index (κ3) is 6.36. The normalized spacial score (nSPS) is 20.9. The summed E-state index contributed by atoms with van der Waals surface area (Å²) in [4.78, 5) is 43.0. The van der Waals surface area contributed by atoms with Gasteiger partial charge in [0, 0.05) is 16.4 Å². The average Bonchev–Trinajstić information content (AvgIpc) is 2.82. The zero-order valence-corrected chi connectivity index (χ0v) is 22.3. The molecular formula is C25H34BrN5O4. The molecule has 1 aliphatic heterocycles. The number of amides is 3. The number of rotatable bonds is 7. The van der Waals surface area contributed by atoms with Crippen LogP contribution in [0.3, 0.4) is 0 Å². The minimum Gasteiger partial charge on any atom is -0.383 e. The fourth-order valence-corrected chi connectivity index (χ4v) is 4.35. The predicted octanol–water partition coefficient (Wildman–Crippen LogP) is 2.58. The molecule has 0 aliphatic carbocycles. The lowest BCUT2D eigenvalue weighted by Crippen LogP contribution is -2.67. The second-order valence-electron chi connectivity index (χ2n) is 9.72. The minimum absolute atomic E-state index is 0.245. The monoisotopic (exact) mass is 547 g/mol. The molecule has 4 atom stereocenters. The summed E-state index contributed by atoms with van der Waals surface area (Å²) in [6.07, 6.45) is -0.0311. The molecule has 2 aromatic rings. The van der Waals surface area contributed by atoms with Crippen molar-refractivity contribution in [3.8, 4) is 0 Å². The number of pyridine rings is 1. The molecule has 1 aromatic carbocycles. The Hall–Kier alpha value is -2.56. The van der Waals surface area contributed by atoms with Gasteiger partial charge in [0.2, 0.25) is 11.8 Å². The number of carbonyl (C=O) groups is 3. The first kappa shape index (κ1) is 27.0. The standard InChI is InChI=1S/C25H34BrN5O4/c1-14(2)21(32)22(33)27-16(4)23(34)31-12-6-11-25(5,30-31)24(35)28-15(3)19-10-8-17-7-9-18(26)13-20(17)29-19/h7-10,13-16,21,30,32H,6,11-12H2,1-5H3,(H,27,33)(H,28,35)/t15-,16?,21?,25?/m1/s1. The number of nitrogens with zero attached hydrogens (tertiary/aromatic N) is 2. The van der Waals surface area contributed by atoms with Gasteiger partial charge in [-0.25, -0.2) is 5.43 Å². The number of hydrazine groups is 1. The van der Waals surface area contributed by atoms with Crippen molar-refractivity contribution in [2.45, 2.75) is 71.2 Å². The Morgan fingerprint density at radius 3 is 2.51 bits per heavy atom. The van der Waals surface area contributed by atoms with Crippen LogP contribution in [0.5, 0.6) is 0 Å². The van der Waals surface area contributed by atoms with E-state index in [1.54, 1.807) is 27.7 Å². The summed E-state index contributed by atoms with van der Waals surface area (Å²) in [6.45, 7) is 9.04. The van der Waals surface area contributed by atoms with Crippen LogP contribution in [-0.2, 0) is 14.4 Å². The van der Waals surface area contributed by atoms with E-state index in [0.717, 1.165) is 21.1 Å². The van der Waals surface area contributed by atoms with Crippen LogP contribution in [0.1, 0.15) is 59.2 Å². The first-order valence-corrected chi connectivity index (χ1v) is 12.7. The van der Waals surface area contributed by atoms with Gasteiger partial charge in [0.05, 0.1) is 17.3 Å². The SMILES string of the molecule is CC(NC(=O)C(O)C(C)C)C(=O)N1CCCC(C)(C(=O)N[C@H](C)c2ccc3ccc(Br)cc3n2)N1. The molecule has 1 saturated heterocycles. The molecule has 3 unspecified atom stereocenters. The van der Waals surface area contributed by atoms with Crippen molar-refractivity contribution in [3.63, 3.8) is 0 Å². The van der Waals surface area contributed by atoms with Crippen LogP contribution in [0.4, 0.5) is 0 Å². The fraction of sp³-hybridized carbons (Fsp3) is 0.520. The molecule has 10 heteroatoms. The number of halogens is 1. The van der Waals surface area contributed by atoms with Crippen molar-refractivity contribution in [1.29, 1.82) is 0 Å². The van der Waals surface area contributed by atoms with Crippen molar-refractivity contribution >= 4 is 44.6 Å². The van der Waals surface area contributed by atoms with Crippen LogP contribution in [0.15, 0.2) is 34.8 Å². The van der Waals surface area contributed by atoms with Crippen LogP contribution >= 0.6 is 15.9 Å². The van der Waals surface area contributed by atoms with Gasteiger partial charge in [-0.05, 0) is 57.7 Å². The van der Waals surface area contributed by atoms with Crippen LogP contribution in [0.2, 0.25) is 0 Å². The van der Waals surface area contributed by atoms with Crippen molar-refractivity contribution in [2.24, 2.45) is 5.92 Å². The van der Waals surface area contributed by atoms with Gasteiger partial charge in [0.25, 0.3) is 5.91 Å². The van der Waals surface area contributed by atoms with Crippen molar-refractivity contribution in [2.75, 3.05) is 6.54 Å². The summed E-state index contributed by atoms with van der Waals surface area (Å²) in [7, 11) is 0. The Morgan fingerprint density at radius 1 is 1.14 bits per heavy atom. The number of carbonyl (C=O) groups excluding carboxylic acids is 3. The zero-order chi connectivity index (χ0) is 25.9. The first-order chi connectivity index (χ1) is 16.4. The molecule has 190 valence electrons. The maximum Gasteiger partial charge on any atom is 0.258 e. The van der Waals surface area contributed by atoms with E-state index in [1.165, 1.54) is 5.01 Å². The van der Waals surface area contributed by atoms with E-state index in [-0.39, 0.29) is 23.8 Å². The Kier molecular flexibility index (Phi) is 8.50. The lowest BCUT2D eigenvalue weighted by atomic mass is 9.92. The summed E-state index contributed by atoms with van der Waals surface area (Å²) in [5, 5.41) is 17.9. The summed E-state index contributed by atoms with van der Waals surface area (Å²) in [5.74, 6) is -1.48. The van der Waals surface area contributed by atoms with E-state index in [0.29, 0.717) is 19.4 Å². The van der Waals surface area contributed by atoms with E-state index in [1.807, 2.05) is 37.3 Å². The average molecular weight is 548 g/mol. The molecule has 1 aliphatic rings. The van der Waals surface area contributed by atoms with Gasteiger partial charge in [-0.3, -0.25) is 24.4 Å². The highest BCUT2D eigenvalue weighted by molar-refractivity contribution is 9.10. The van der Waals surface area contributed by atoms with Crippen molar-refractivity contribution in [3.05, 3.63) is 40.5 Å². The number of aliphatic hydroxyl groups is 1. The van der Waals surface area contributed by atoms with E-state index in [4.69, 9.17) is 0 Å². The third-order valence-electron chi connectivity index (χ3n) is 6.30. The molecule has 9 nitrogen and oxygen atoms in total. The summed E-state index contributed by atoms with van der Waals surface area (Å²) in [5.41, 5.74) is 3.61. The van der Waals surface area contributed by atoms with Gasteiger partial charge in [-0.1, -0.05) is 41.9 Å². The molecular weight excluding hydrogens is 514 g/mol. The van der Waals surface area contributed by atoms with Gasteiger partial charge in [0.15, 0.2) is 0 Å². The van der Waals surface area contributed by atoms with Crippen LogP contribution in [0, 0.1) is 5.92 Å². The summed E-state index contributed by atoms with van der Waals surface area (Å²) < 4.78 is 0.930. The molecule has 1 aromatic heterocycles. The van der Waals surface area contributed by atoms with Crippen molar-refractivity contribution < 1.29 is 19.5 Å². The van der Waals surface area contributed by atoms with Crippen LogP contribution in [0.25, 0.3) is 10.9 Å². The van der Waals surface area contributed by atoms with E-state index >= 15 is 0 Å². The Balaban J connectivity index is 1.65. The summed E-state index contributed by atoms with van der Waals surface area (Å²) in [6, 6.07) is 8.53. The van der Waals surface area contributed by atoms with Crippen LogP contribution in [-0.4, -0.2) is 57.1 Å². The number of aliphatic hydroxyl groups excluding tert-OH is 1. The third-order valence-corrected chi connectivity index (χ3v) is 6.80. The molecule has 1 fully saturated rings. The Morgan fingerprint density at radius 2 is 1.83 bits per heavy atom. The maximum atomic E-state index is 13.3. The lowest BCUT2D eigenvalue weighted by molar-refractivity contribution is -0.147. The van der Waals surface area contributed by atoms with E-state index in [9.17, 15) is 19.5 Å². The molecule has 3 amide bonds. The van der Waals surface area contributed by atoms with Crippen molar-refractivity contribution in [1.82, 2.24) is 26.1 Å². The highest BCUT2D eigenvalue weighted by Crippen LogP contribution is 2.23. The highest BCUT2D eigenvalue weighted by Gasteiger charge is 2.40. The first-order valence-electron chi connectivity index (χ1n) is 11.9. The number of fused-ring (bicyclic) bond motifs is 1. The van der Waals surface area contributed by atoms with Gasteiger partial charge in [-0.15, -0.1) is 0 Å². The second-order valence-corrected chi connectivity index (χ2v) is 10.6. The van der Waals surface area contributed by atoms with Gasteiger partial charge in [-0.2, -0.15) is 0 Å². The van der Waals surface area contributed by atoms with E-state index in [2.05, 4.69) is 37.0 Å². The molecule has 2 heterocycles. The molecule has 0 radical (unpaired) electrons. The topological polar surface area (TPSA) is 124 Å². The quantitative estimate of drug-likeness (QED) is 0.422. The van der Waals surface area contributed by atoms with E-state index < -0.39 is 23.6 Å². The van der Waals surface area contributed by atoms with Gasteiger partial charge < -0.3 is 15.7 Å². The predicted molar refractivity (Wildman–Crippen MR) is 137 cm³/mol. The molecule has 0 saturated carbocycles.